The van der Waals surface area contributed by atoms with Gasteiger partial charge < -0.3 is 5.11 Å². The van der Waals surface area contributed by atoms with E-state index in [1.807, 2.05) is 0 Å². The summed E-state index contributed by atoms with van der Waals surface area (Å²) in [6.45, 7) is 3.09. The number of anilines is 1. The lowest BCUT2D eigenvalue weighted by molar-refractivity contribution is 0.475. The number of aromatic hydroxyl groups is 1. The normalized spacial score (nSPS) is 11.6. The van der Waals surface area contributed by atoms with Crippen molar-refractivity contribution >= 4 is 15.8 Å². The van der Waals surface area contributed by atoms with Crippen molar-refractivity contribution in [1.29, 1.82) is 0 Å². The summed E-state index contributed by atoms with van der Waals surface area (Å²) in [6, 6.07) is 2.88. The molecular formula is C8H12N2O3S. The van der Waals surface area contributed by atoms with Gasteiger partial charge >= 0.3 is 0 Å². The van der Waals surface area contributed by atoms with Crippen molar-refractivity contribution < 1.29 is 13.5 Å². The number of sulfonamides is 1. The largest absolute Gasteiger partial charge is 0.504 e. The van der Waals surface area contributed by atoms with E-state index in [2.05, 4.69) is 9.71 Å². The molecule has 0 unspecified atom stereocenters. The van der Waals surface area contributed by atoms with E-state index in [1.165, 1.54) is 18.3 Å². The van der Waals surface area contributed by atoms with Gasteiger partial charge in [0, 0.05) is 6.20 Å². The first-order chi connectivity index (χ1) is 6.43. The quantitative estimate of drug-likeness (QED) is 0.788. The number of rotatable bonds is 3. The van der Waals surface area contributed by atoms with E-state index in [0.717, 1.165) is 0 Å². The first kappa shape index (κ1) is 10.8. The van der Waals surface area contributed by atoms with Crippen molar-refractivity contribution in [1.82, 2.24) is 4.98 Å². The minimum Gasteiger partial charge on any atom is -0.504 e. The fourth-order valence-electron chi connectivity index (χ4n) is 0.728. The molecule has 0 fully saturated rings. The van der Waals surface area contributed by atoms with Crippen molar-refractivity contribution in [3.63, 3.8) is 0 Å². The number of hydrogen-bond donors (Lipinski definition) is 2. The lowest BCUT2D eigenvalue weighted by Crippen LogP contribution is -2.23. The summed E-state index contributed by atoms with van der Waals surface area (Å²) in [4.78, 5) is 3.71. The zero-order valence-corrected chi connectivity index (χ0v) is 8.75. The highest BCUT2D eigenvalue weighted by molar-refractivity contribution is 7.93. The van der Waals surface area contributed by atoms with Gasteiger partial charge in [-0.25, -0.2) is 13.4 Å². The maximum Gasteiger partial charge on any atom is 0.236 e. The fourth-order valence-corrected chi connectivity index (χ4v) is 1.39. The molecule has 5 nitrogen and oxygen atoms in total. The second kappa shape index (κ2) is 3.83. The monoisotopic (exact) mass is 216 g/mol. The fraction of sp³-hybridized carbons (Fsp3) is 0.375. The molecule has 2 N–H and O–H groups in total. The molecule has 0 saturated heterocycles. The molecule has 0 aliphatic rings. The molecule has 1 aromatic heterocycles. The predicted molar refractivity (Wildman–Crippen MR) is 53.6 cm³/mol. The third-order valence-electron chi connectivity index (χ3n) is 1.65. The molecule has 1 heterocycles. The Morgan fingerprint density at radius 2 is 2.14 bits per heavy atom. The van der Waals surface area contributed by atoms with Gasteiger partial charge in [-0.1, -0.05) is 0 Å². The van der Waals surface area contributed by atoms with Crippen LogP contribution in [0.4, 0.5) is 5.82 Å². The summed E-state index contributed by atoms with van der Waals surface area (Å²) in [5.41, 5.74) is 0. The molecule has 0 aromatic carbocycles. The van der Waals surface area contributed by atoms with Crippen molar-refractivity contribution in [2.75, 3.05) is 4.72 Å². The van der Waals surface area contributed by atoms with E-state index in [0.29, 0.717) is 0 Å². The smallest absolute Gasteiger partial charge is 0.236 e. The van der Waals surface area contributed by atoms with Gasteiger partial charge in [-0.05, 0) is 26.0 Å². The number of aromatic nitrogens is 1. The molecule has 0 saturated carbocycles. The van der Waals surface area contributed by atoms with Crippen LogP contribution >= 0.6 is 0 Å². The van der Waals surface area contributed by atoms with Crippen LogP contribution in [0.1, 0.15) is 13.8 Å². The SMILES string of the molecule is CC(C)S(=O)(=O)Nc1ncccc1O. The lowest BCUT2D eigenvalue weighted by atomic mass is 10.4. The van der Waals surface area contributed by atoms with Crippen LogP contribution in [0.25, 0.3) is 0 Å². The number of pyridine rings is 1. The predicted octanol–water partition coefficient (Wildman–Crippen LogP) is 0.937. The van der Waals surface area contributed by atoms with Crippen LogP contribution in [0.2, 0.25) is 0 Å². The highest BCUT2D eigenvalue weighted by Crippen LogP contribution is 2.20. The number of nitrogens with one attached hydrogen (secondary N) is 1. The molecule has 14 heavy (non-hydrogen) atoms. The Labute approximate surface area is 82.9 Å². The summed E-state index contributed by atoms with van der Waals surface area (Å²) < 4.78 is 25.0. The highest BCUT2D eigenvalue weighted by Gasteiger charge is 2.17. The van der Waals surface area contributed by atoms with E-state index in [4.69, 9.17) is 0 Å². The van der Waals surface area contributed by atoms with Gasteiger partial charge in [0.15, 0.2) is 11.6 Å². The van der Waals surface area contributed by atoms with Crippen molar-refractivity contribution in [2.24, 2.45) is 0 Å². The summed E-state index contributed by atoms with van der Waals surface area (Å²) in [5, 5.41) is 8.70. The van der Waals surface area contributed by atoms with Crippen molar-refractivity contribution in [2.45, 2.75) is 19.1 Å². The van der Waals surface area contributed by atoms with E-state index in [1.54, 1.807) is 13.8 Å². The van der Waals surface area contributed by atoms with Crippen LogP contribution in [0, 0.1) is 0 Å². The van der Waals surface area contributed by atoms with Gasteiger partial charge in [0.05, 0.1) is 5.25 Å². The average molecular weight is 216 g/mol. The summed E-state index contributed by atoms with van der Waals surface area (Å²) in [6.07, 6.45) is 1.40. The molecule has 0 atom stereocenters. The molecule has 0 amide bonds. The minimum absolute atomic E-state index is 0.0406. The van der Waals surface area contributed by atoms with E-state index >= 15 is 0 Å². The van der Waals surface area contributed by atoms with Gasteiger partial charge in [0.25, 0.3) is 0 Å². The first-order valence-corrected chi connectivity index (χ1v) is 5.63. The van der Waals surface area contributed by atoms with Gasteiger partial charge in [-0.15, -0.1) is 0 Å². The van der Waals surface area contributed by atoms with E-state index < -0.39 is 15.3 Å². The Morgan fingerprint density at radius 3 is 2.64 bits per heavy atom. The molecule has 0 aliphatic heterocycles. The molecule has 0 bridgehead atoms. The lowest BCUT2D eigenvalue weighted by Gasteiger charge is -2.10. The van der Waals surface area contributed by atoms with E-state index in [-0.39, 0.29) is 11.6 Å². The number of hydrogen-bond acceptors (Lipinski definition) is 4. The minimum atomic E-state index is -3.45. The zero-order chi connectivity index (χ0) is 10.8. The van der Waals surface area contributed by atoms with Gasteiger partial charge in [-0.2, -0.15) is 0 Å². The van der Waals surface area contributed by atoms with Crippen molar-refractivity contribution in [3.05, 3.63) is 18.3 Å². The molecule has 0 spiro atoms. The van der Waals surface area contributed by atoms with Gasteiger partial charge in [0.1, 0.15) is 0 Å². The Morgan fingerprint density at radius 1 is 1.50 bits per heavy atom. The van der Waals surface area contributed by atoms with Crippen molar-refractivity contribution in [3.8, 4) is 5.75 Å². The molecule has 78 valence electrons. The third kappa shape index (κ3) is 2.35. The molecule has 1 rings (SSSR count). The Bertz CT molecular complexity index is 414. The van der Waals surface area contributed by atoms with Gasteiger partial charge in [-0.3, -0.25) is 4.72 Å². The van der Waals surface area contributed by atoms with Crippen LogP contribution in [-0.4, -0.2) is 23.8 Å². The Balaban J connectivity index is 2.96. The molecule has 0 aliphatic carbocycles. The Hall–Kier alpha value is -1.30. The first-order valence-electron chi connectivity index (χ1n) is 4.09. The number of nitrogens with zero attached hydrogens (tertiary/aromatic N) is 1. The van der Waals surface area contributed by atoms with Crippen LogP contribution in [0.3, 0.4) is 0 Å². The maximum atomic E-state index is 11.4. The standard InChI is InChI=1S/C8H12N2O3S/c1-6(2)14(12,13)10-8-7(11)4-3-5-9-8/h3-6,11H,1-2H3,(H,9,10). The molecule has 1 aromatic rings. The molecule has 6 heteroatoms. The topological polar surface area (TPSA) is 79.3 Å². The van der Waals surface area contributed by atoms with Crippen LogP contribution in [0.5, 0.6) is 5.75 Å². The zero-order valence-electron chi connectivity index (χ0n) is 7.93. The summed E-state index contributed by atoms with van der Waals surface area (Å²) >= 11 is 0. The van der Waals surface area contributed by atoms with E-state index in [9.17, 15) is 13.5 Å². The Kier molecular flexibility index (Phi) is 2.95. The highest BCUT2D eigenvalue weighted by atomic mass is 32.2. The second-order valence-corrected chi connectivity index (χ2v) is 5.30. The third-order valence-corrected chi connectivity index (χ3v) is 3.37. The molecular weight excluding hydrogens is 204 g/mol. The van der Waals surface area contributed by atoms with Crippen LogP contribution < -0.4 is 4.72 Å². The van der Waals surface area contributed by atoms with Gasteiger partial charge in [0.2, 0.25) is 10.0 Å². The second-order valence-electron chi connectivity index (χ2n) is 3.07. The van der Waals surface area contributed by atoms with Crippen LogP contribution in [-0.2, 0) is 10.0 Å². The summed E-state index contributed by atoms with van der Waals surface area (Å²) in [5.74, 6) is -0.224. The average Bonchev–Trinajstić information content (AvgIpc) is 2.08. The summed E-state index contributed by atoms with van der Waals surface area (Å²) in [7, 11) is -3.45. The van der Waals surface area contributed by atoms with Crippen LogP contribution in [0.15, 0.2) is 18.3 Å². The maximum absolute atomic E-state index is 11.4. The molecule has 0 radical (unpaired) electrons.